The van der Waals surface area contributed by atoms with Crippen LogP contribution in [0.2, 0.25) is 0 Å². The molecule has 0 atom stereocenters. The van der Waals surface area contributed by atoms with Crippen LogP contribution >= 0.6 is 0 Å². The van der Waals surface area contributed by atoms with Crippen LogP contribution in [-0.2, 0) is 6.42 Å². The van der Waals surface area contributed by atoms with Crippen LogP contribution in [0.1, 0.15) is 11.1 Å². The molecule has 0 saturated heterocycles. The van der Waals surface area contributed by atoms with E-state index in [4.69, 9.17) is 10.00 Å². The molecular formula is C12H12N2O. The van der Waals surface area contributed by atoms with Crippen LogP contribution in [-0.4, -0.2) is 12.1 Å². The van der Waals surface area contributed by atoms with Gasteiger partial charge in [-0.15, -0.1) is 0 Å². The van der Waals surface area contributed by atoms with Crippen LogP contribution < -0.4 is 4.74 Å². The van der Waals surface area contributed by atoms with Gasteiger partial charge in [-0.25, -0.2) is 0 Å². The first-order valence-corrected chi connectivity index (χ1v) is 4.78. The summed E-state index contributed by atoms with van der Waals surface area (Å²) in [5.41, 5.74) is 3.24. The lowest BCUT2D eigenvalue weighted by Gasteiger charge is -2.03. The van der Waals surface area contributed by atoms with Crippen LogP contribution in [0.25, 0.3) is 10.9 Å². The molecule has 3 nitrogen and oxygen atoms in total. The van der Waals surface area contributed by atoms with Crippen LogP contribution in [0, 0.1) is 18.3 Å². The highest BCUT2D eigenvalue weighted by Crippen LogP contribution is 2.27. The van der Waals surface area contributed by atoms with Gasteiger partial charge < -0.3 is 9.72 Å². The highest BCUT2D eigenvalue weighted by Gasteiger charge is 2.07. The third-order valence-electron chi connectivity index (χ3n) is 2.55. The molecule has 2 rings (SSSR count). The number of nitrogens with one attached hydrogen (secondary N) is 1. The van der Waals surface area contributed by atoms with E-state index in [2.05, 4.69) is 11.1 Å². The average Bonchev–Trinajstić information content (AvgIpc) is 2.63. The van der Waals surface area contributed by atoms with Crippen LogP contribution in [0.15, 0.2) is 18.3 Å². The minimum Gasteiger partial charge on any atom is -0.497 e. The van der Waals surface area contributed by atoms with Crippen molar-refractivity contribution in [3.8, 4) is 11.8 Å². The largest absolute Gasteiger partial charge is 0.497 e. The molecule has 0 spiro atoms. The van der Waals surface area contributed by atoms with Gasteiger partial charge >= 0.3 is 0 Å². The predicted octanol–water partition coefficient (Wildman–Crippen LogP) is 2.55. The number of ether oxygens (including phenoxy) is 1. The number of aromatic nitrogens is 1. The Balaban J connectivity index is 2.68. The number of nitriles is 1. The fraction of sp³-hybridized carbons (Fsp3) is 0.250. The van der Waals surface area contributed by atoms with Gasteiger partial charge in [-0.1, -0.05) is 0 Å². The second-order valence-electron chi connectivity index (χ2n) is 3.52. The molecule has 2 aromatic rings. The van der Waals surface area contributed by atoms with Crippen LogP contribution in [0.3, 0.4) is 0 Å². The summed E-state index contributed by atoms with van der Waals surface area (Å²) in [4.78, 5) is 3.19. The Bertz CT molecular complexity index is 534. The fourth-order valence-corrected chi connectivity index (χ4v) is 1.79. The Labute approximate surface area is 88.3 Å². The molecule has 0 aliphatic heterocycles. The molecule has 0 amide bonds. The van der Waals surface area contributed by atoms with Gasteiger partial charge in [0.2, 0.25) is 0 Å². The summed E-state index contributed by atoms with van der Waals surface area (Å²) in [5.74, 6) is 0.832. The van der Waals surface area contributed by atoms with E-state index in [1.807, 2.05) is 25.3 Å². The molecule has 0 aliphatic carbocycles. The Hall–Kier alpha value is -1.95. The Morgan fingerprint density at radius 3 is 2.93 bits per heavy atom. The normalized spacial score (nSPS) is 10.2. The van der Waals surface area contributed by atoms with Gasteiger partial charge in [0.25, 0.3) is 0 Å². The van der Waals surface area contributed by atoms with Crippen molar-refractivity contribution in [2.24, 2.45) is 0 Å². The molecule has 0 saturated carbocycles. The maximum absolute atomic E-state index is 8.70. The molecule has 0 radical (unpaired) electrons. The SMILES string of the molecule is COc1cc(C)c2[nH]cc(CC#N)c2c1. The molecule has 1 N–H and O–H groups in total. The Morgan fingerprint density at radius 1 is 1.47 bits per heavy atom. The zero-order valence-electron chi connectivity index (χ0n) is 8.79. The van der Waals surface area contributed by atoms with Gasteiger partial charge in [-0.3, -0.25) is 0 Å². The van der Waals surface area contributed by atoms with Crippen molar-refractivity contribution in [3.63, 3.8) is 0 Å². The Kier molecular flexibility index (Phi) is 2.34. The lowest BCUT2D eigenvalue weighted by Crippen LogP contribution is -1.86. The third kappa shape index (κ3) is 1.55. The monoisotopic (exact) mass is 200 g/mol. The summed E-state index contributed by atoms with van der Waals surface area (Å²) in [5, 5.41) is 9.78. The van der Waals surface area contributed by atoms with E-state index < -0.39 is 0 Å². The number of aryl methyl sites for hydroxylation is 1. The number of fused-ring (bicyclic) bond motifs is 1. The third-order valence-corrected chi connectivity index (χ3v) is 2.55. The average molecular weight is 200 g/mol. The van der Waals surface area contributed by atoms with E-state index in [0.717, 1.165) is 27.8 Å². The summed E-state index contributed by atoms with van der Waals surface area (Å²) in [6.45, 7) is 2.03. The number of aromatic amines is 1. The van der Waals surface area contributed by atoms with Gasteiger partial charge in [0.1, 0.15) is 5.75 Å². The van der Waals surface area contributed by atoms with E-state index in [9.17, 15) is 0 Å². The first-order chi connectivity index (χ1) is 7.26. The molecule has 76 valence electrons. The van der Waals surface area contributed by atoms with Gasteiger partial charge in [-0.05, 0) is 30.2 Å². The molecule has 0 aliphatic rings. The summed E-state index contributed by atoms with van der Waals surface area (Å²) in [6.07, 6.45) is 2.31. The number of nitrogens with zero attached hydrogens (tertiary/aromatic N) is 1. The van der Waals surface area contributed by atoms with Crippen LogP contribution in [0.5, 0.6) is 5.75 Å². The zero-order valence-corrected chi connectivity index (χ0v) is 8.79. The lowest BCUT2D eigenvalue weighted by molar-refractivity contribution is 0.415. The molecule has 1 aromatic carbocycles. The highest BCUT2D eigenvalue weighted by atomic mass is 16.5. The van der Waals surface area contributed by atoms with E-state index in [0.29, 0.717) is 6.42 Å². The molecule has 0 fully saturated rings. The van der Waals surface area contributed by atoms with Crippen molar-refractivity contribution in [1.29, 1.82) is 5.26 Å². The first-order valence-electron chi connectivity index (χ1n) is 4.78. The predicted molar refractivity (Wildman–Crippen MR) is 58.9 cm³/mol. The van der Waals surface area contributed by atoms with Crippen molar-refractivity contribution in [2.75, 3.05) is 7.11 Å². The molecule has 1 aromatic heterocycles. The number of methoxy groups -OCH3 is 1. The Morgan fingerprint density at radius 2 is 2.27 bits per heavy atom. The van der Waals surface area contributed by atoms with Crippen LogP contribution in [0.4, 0.5) is 0 Å². The van der Waals surface area contributed by atoms with Crippen molar-refractivity contribution >= 4 is 10.9 Å². The van der Waals surface area contributed by atoms with Crippen molar-refractivity contribution < 1.29 is 4.74 Å². The van der Waals surface area contributed by atoms with E-state index in [1.165, 1.54) is 0 Å². The lowest BCUT2D eigenvalue weighted by atomic mass is 10.1. The van der Waals surface area contributed by atoms with Gasteiger partial charge in [0, 0.05) is 17.1 Å². The fourth-order valence-electron chi connectivity index (χ4n) is 1.79. The standard InChI is InChI=1S/C12H12N2O/c1-8-5-10(15-2)6-11-9(3-4-13)7-14-12(8)11/h5-7,14H,3H2,1-2H3. The zero-order chi connectivity index (χ0) is 10.8. The number of hydrogen-bond donors (Lipinski definition) is 1. The van der Waals surface area contributed by atoms with E-state index in [-0.39, 0.29) is 0 Å². The minimum atomic E-state index is 0.423. The summed E-state index contributed by atoms with van der Waals surface area (Å²) in [7, 11) is 1.65. The molecule has 1 heterocycles. The van der Waals surface area contributed by atoms with Crippen molar-refractivity contribution in [1.82, 2.24) is 4.98 Å². The maximum Gasteiger partial charge on any atom is 0.119 e. The molecular weight excluding hydrogens is 188 g/mol. The summed E-state index contributed by atoms with van der Waals surface area (Å²) in [6, 6.07) is 6.10. The number of H-pyrrole nitrogens is 1. The van der Waals surface area contributed by atoms with E-state index in [1.54, 1.807) is 7.11 Å². The molecule has 0 unspecified atom stereocenters. The summed E-state index contributed by atoms with van der Waals surface area (Å²) >= 11 is 0. The maximum atomic E-state index is 8.70. The number of benzene rings is 1. The first kappa shape index (κ1) is 9.60. The van der Waals surface area contributed by atoms with Gasteiger partial charge in [0.05, 0.1) is 19.6 Å². The topological polar surface area (TPSA) is 48.8 Å². The van der Waals surface area contributed by atoms with Gasteiger partial charge in [0.15, 0.2) is 0 Å². The highest BCUT2D eigenvalue weighted by molar-refractivity contribution is 5.87. The van der Waals surface area contributed by atoms with E-state index >= 15 is 0 Å². The number of hydrogen-bond acceptors (Lipinski definition) is 2. The minimum absolute atomic E-state index is 0.423. The second kappa shape index (κ2) is 3.66. The molecule has 3 heteroatoms. The molecule has 0 bridgehead atoms. The number of rotatable bonds is 2. The van der Waals surface area contributed by atoms with Gasteiger partial charge in [-0.2, -0.15) is 5.26 Å². The van der Waals surface area contributed by atoms with Crippen molar-refractivity contribution in [2.45, 2.75) is 13.3 Å². The second-order valence-corrected chi connectivity index (χ2v) is 3.52. The smallest absolute Gasteiger partial charge is 0.119 e. The summed E-state index contributed by atoms with van der Waals surface area (Å²) < 4.78 is 5.21. The quantitative estimate of drug-likeness (QED) is 0.809. The van der Waals surface area contributed by atoms with Crippen molar-refractivity contribution in [3.05, 3.63) is 29.5 Å². The molecule has 15 heavy (non-hydrogen) atoms.